The van der Waals surface area contributed by atoms with Gasteiger partial charge >= 0.3 is 5.97 Å². The number of nitrogens with zero attached hydrogens (tertiary/aromatic N) is 1. The Morgan fingerprint density at radius 3 is 2.16 bits per heavy atom. The van der Waals surface area contributed by atoms with Crippen LogP contribution in [0.15, 0.2) is 24.3 Å². The first kappa shape index (κ1) is 13.9. The predicted octanol–water partition coefficient (Wildman–Crippen LogP) is 2.30. The van der Waals surface area contributed by atoms with E-state index in [0.717, 1.165) is 5.56 Å². The maximum absolute atomic E-state index is 11.7. The Kier molecular flexibility index (Phi) is 3.80. The molecule has 19 heavy (non-hydrogen) atoms. The van der Waals surface area contributed by atoms with Gasteiger partial charge in [-0.25, -0.2) is 0 Å². The summed E-state index contributed by atoms with van der Waals surface area (Å²) in [6.07, 6.45) is 0.868. The van der Waals surface area contributed by atoms with Crippen LogP contribution in [-0.2, 0) is 15.0 Å². The molecule has 2 rings (SSSR count). The lowest BCUT2D eigenvalue weighted by Gasteiger charge is -2.38. The summed E-state index contributed by atoms with van der Waals surface area (Å²) in [5, 5.41) is 10.2. The largest absolute Gasteiger partial charge is 0.481 e. The molecule has 4 nitrogen and oxygen atoms in total. The molecule has 1 aliphatic heterocycles. The molecule has 1 amide bonds. The Morgan fingerprint density at radius 2 is 1.74 bits per heavy atom. The molecule has 0 spiro atoms. The van der Waals surface area contributed by atoms with E-state index in [2.05, 4.69) is 0 Å². The Balaban J connectivity index is 2.28. The number of carbonyl (C=O) groups is 2. The van der Waals surface area contributed by atoms with Gasteiger partial charge in [-0.3, -0.25) is 9.59 Å². The lowest BCUT2D eigenvalue weighted by atomic mass is 9.73. The van der Waals surface area contributed by atoms with E-state index in [1.165, 1.54) is 6.92 Å². The summed E-state index contributed by atoms with van der Waals surface area (Å²) < 4.78 is 0. The average Bonchev–Trinajstić information content (AvgIpc) is 2.39. The smallest absolute Gasteiger partial charge is 0.314 e. The van der Waals surface area contributed by atoms with Gasteiger partial charge in [0.05, 0.1) is 5.41 Å². The molecular weight excluding hydrogens is 266 g/mol. The molecule has 0 aromatic heterocycles. The molecule has 1 N–H and O–H groups in total. The number of halogens is 1. The number of aliphatic carboxylic acids is 1. The number of amides is 1. The van der Waals surface area contributed by atoms with E-state index in [1.807, 2.05) is 0 Å². The van der Waals surface area contributed by atoms with Crippen LogP contribution in [-0.4, -0.2) is 35.0 Å². The van der Waals surface area contributed by atoms with Gasteiger partial charge in [-0.2, -0.15) is 0 Å². The number of likely N-dealkylation sites (tertiary alicyclic amines) is 1. The summed E-state index contributed by atoms with van der Waals surface area (Å²) in [6, 6.07) is 6.94. The van der Waals surface area contributed by atoms with Crippen molar-refractivity contribution in [2.24, 2.45) is 0 Å². The normalized spacial score (nSPS) is 18.1. The van der Waals surface area contributed by atoms with Gasteiger partial charge in [-0.05, 0) is 30.5 Å². The van der Waals surface area contributed by atoms with Crippen LogP contribution in [0.3, 0.4) is 0 Å². The van der Waals surface area contributed by atoms with Crippen LogP contribution in [0.25, 0.3) is 0 Å². The second kappa shape index (κ2) is 5.21. The number of hydrogen-bond acceptors (Lipinski definition) is 2. The van der Waals surface area contributed by atoms with E-state index < -0.39 is 11.4 Å². The fourth-order valence-electron chi connectivity index (χ4n) is 2.60. The second-order valence-electron chi connectivity index (χ2n) is 4.90. The van der Waals surface area contributed by atoms with Gasteiger partial charge in [0, 0.05) is 25.0 Å². The van der Waals surface area contributed by atoms with E-state index >= 15 is 0 Å². The number of piperidine rings is 1. The standard InChI is InChI=1S/C14H16ClNO3/c1-10(17)16-8-6-14(7-9-16,13(18)19)11-2-4-12(15)5-3-11/h2-5H,6-9H2,1H3,(H,18,19). The Bertz CT molecular complexity index is 490. The minimum absolute atomic E-state index is 0.00454. The lowest BCUT2D eigenvalue weighted by Crippen LogP contribution is -2.48. The van der Waals surface area contributed by atoms with E-state index in [0.29, 0.717) is 31.0 Å². The van der Waals surface area contributed by atoms with Gasteiger partial charge in [-0.1, -0.05) is 23.7 Å². The SMILES string of the molecule is CC(=O)N1CCC(C(=O)O)(c2ccc(Cl)cc2)CC1. The molecule has 0 atom stereocenters. The van der Waals surface area contributed by atoms with Crippen molar-refractivity contribution >= 4 is 23.5 Å². The van der Waals surface area contributed by atoms with Crippen molar-refractivity contribution < 1.29 is 14.7 Å². The third kappa shape index (κ3) is 2.59. The third-order valence-electron chi connectivity index (χ3n) is 3.87. The Morgan fingerprint density at radius 1 is 1.21 bits per heavy atom. The van der Waals surface area contributed by atoms with Crippen LogP contribution in [0.2, 0.25) is 5.02 Å². The maximum Gasteiger partial charge on any atom is 0.314 e. The molecule has 0 bridgehead atoms. The molecule has 1 saturated heterocycles. The van der Waals surface area contributed by atoms with Crippen molar-refractivity contribution in [2.45, 2.75) is 25.2 Å². The Labute approximate surface area is 117 Å². The van der Waals surface area contributed by atoms with Crippen molar-refractivity contribution in [1.29, 1.82) is 0 Å². The van der Waals surface area contributed by atoms with Crippen LogP contribution in [0, 0.1) is 0 Å². The minimum Gasteiger partial charge on any atom is -0.481 e. The molecule has 5 heteroatoms. The first-order valence-corrected chi connectivity index (χ1v) is 6.58. The highest BCUT2D eigenvalue weighted by Gasteiger charge is 2.43. The summed E-state index contributed by atoms with van der Waals surface area (Å²) >= 11 is 5.84. The van der Waals surface area contributed by atoms with E-state index in [4.69, 9.17) is 11.6 Å². The molecule has 1 aromatic carbocycles. The number of benzene rings is 1. The quantitative estimate of drug-likeness (QED) is 0.905. The molecule has 1 aromatic rings. The summed E-state index contributed by atoms with van der Waals surface area (Å²) in [6.45, 7) is 2.46. The summed E-state index contributed by atoms with van der Waals surface area (Å²) in [5.74, 6) is -0.840. The van der Waals surface area contributed by atoms with E-state index in [1.54, 1.807) is 29.2 Å². The summed E-state index contributed by atoms with van der Waals surface area (Å²) in [4.78, 5) is 24.7. The second-order valence-corrected chi connectivity index (χ2v) is 5.34. The summed E-state index contributed by atoms with van der Waals surface area (Å²) in [7, 11) is 0. The average molecular weight is 282 g/mol. The molecule has 1 fully saturated rings. The van der Waals surface area contributed by atoms with Gasteiger partial charge in [0.1, 0.15) is 0 Å². The van der Waals surface area contributed by atoms with Crippen molar-refractivity contribution in [3.8, 4) is 0 Å². The number of carboxylic acid groups (broad SMARTS) is 1. The zero-order valence-electron chi connectivity index (χ0n) is 10.7. The number of carboxylic acids is 1. The van der Waals surface area contributed by atoms with Gasteiger partial charge < -0.3 is 10.0 Å². The molecule has 0 radical (unpaired) electrons. The van der Waals surface area contributed by atoms with Crippen molar-refractivity contribution in [2.75, 3.05) is 13.1 Å². The third-order valence-corrected chi connectivity index (χ3v) is 4.12. The fourth-order valence-corrected chi connectivity index (χ4v) is 2.72. The molecule has 0 aliphatic carbocycles. The molecule has 102 valence electrons. The molecule has 0 saturated carbocycles. The molecular formula is C14H16ClNO3. The van der Waals surface area contributed by atoms with Crippen LogP contribution in [0.4, 0.5) is 0 Å². The zero-order chi connectivity index (χ0) is 14.0. The van der Waals surface area contributed by atoms with Gasteiger partial charge in [0.25, 0.3) is 0 Å². The van der Waals surface area contributed by atoms with Crippen molar-refractivity contribution in [3.05, 3.63) is 34.9 Å². The van der Waals surface area contributed by atoms with Gasteiger partial charge in [0.15, 0.2) is 0 Å². The monoisotopic (exact) mass is 281 g/mol. The highest BCUT2D eigenvalue weighted by Crippen LogP contribution is 2.36. The zero-order valence-corrected chi connectivity index (χ0v) is 11.5. The van der Waals surface area contributed by atoms with Crippen molar-refractivity contribution in [3.63, 3.8) is 0 Å². The van der Waals surface area contributed by atoms with Crippen LogP contribution in [0.5, 0.6) is 0 Å². The first-order valence-electron chi connectivity index (χ1n) is 6.21. The molecule has 0 unspecified atom stereocenters. The van der Waals surface area contributed by atoms with E-state index in [9.17, 15) is 14.7 Å². The van der Waals surface area contributed by atoms with Gasteiger partial charge in [0.2, 0.25) is 5.91 Å². The fraction of sp³-hybridized carbons (Fsp3) is 0.429. The first-order chi connectivity index (χ1) is 8.95. The number of carbonyl (C=O) groups excluding carboxylic acids is 1. The van der Waals surface area contributed by atoms with Crippen molar-refractivity contribution in [1.82, 2.24) is 4.90 Å². The summed E-state index contributed by atoms with van der Waals surface area (Å²) in [5.41, 5.74) is -0.149. The highest BCUT2D eigenvalue weighted by atomic mass is 35.5. The number of rotatable bonds is 2. The van der Waals surface area contributed by atoms with Crippen LogP contribution in [0.1, 0.15) is 25.3 Å². The molecule has 1 heterocycles. The van der Waals surface area contributed by atoms with E-state index in [-0.39, 0.29) is 5.91 Å². The highest BCUT2D eigenvalue weighted by molar-refractivity contribution is 6.30. The maximum atomic E-state index is 11.7. The lowest BCUT2D eigenvalue weighted by molar-refractivity contribution is -0.148. The number of hydrogen-bond donors (Lipinski definition) is 1. The minimum atomic E-state index is -0.906. The van der Waals surface area contributed by atoms with Crippen LogP contribution < -0.4 is 0 Å². The van der Waals surface area contributed by atoms with Gasteiger partial charge in [-0.15, -0.1) is 0 Å². The Hall–Kier alpha value is -1.55. The topological polar surface area (TPSA) is 57.6 Å². The molecule has 1 aliphatic rings. The predicted molar refractivity (Wildman–Crippen MR) is 72.3 cm³/mol. The van der Waals surface area contributed by atoms with Crippen LogP contribution >= 0.6 is 11.6 Å².